The Bertz CT molecular complexity index is 103. The quantitative estimate of drug-likeness (QED) is 0.605. The van der Waals surface area contributed by atoms with Crippen LogP contribution in [0, 0.1) is 5.92 Å². The second kappa shape index (κ2) is 3.35. The van der Waals surface area contributed by atoms with Gasteiger partial charge in [0.15, 0.2) is 0 Å². The van der Waals surface area contributed by atoms with Crippen LogP contribution in [-0.4, -0.2) is 22.4 Å². The fourth-order valence-electron chi connectivity index (χ4n) is 1.72. The summed E-state index contributed by atoms with van der Waals surface area (Å²) in [7, 11) is 0. The highest BCUT2D eigenvalue weighted by Gasteiger charge is 2.29. The van der Waals surface area contributed by atoms with E-state index in [4.69, 9.17) is 0 Å². The molecular weight excluding hydrogens is 128 g/mol. The molecule has 2 heteroatoms. The van der Waals surface area contributed by atoms with Gasteiger partial charge in [-0.25, -0.2) is 0 Å². The van der Waals surface area contributed by atoms with E-state index in [1.54, 1.807) is 0 Å². The topological polar surface area (TPSA) is 40.5 Å². The van der Waals surface area contributed by atoms with Crippen molar-refractivity contribution in [2.45, 2.75) is 44.8 Å². The van der Waals surface area contributed by atoms with Crippen LogP contribution in [0.2, 0.25) is 0 Å². The SMILES string of the molecule is CCC(O)C1CCCC1O. The first kappa shape index (κ1) is 8.02. The zero-order chi connectivity index (χ0) is 7.56. The smallest absolute Gasteiger partial charge is 0.0593 e. The largest absolute Gasteiger partial charge is 0.393 e. The Morgan fingerprint density at radius 2 is 2.20 bits per heavy atom. The van der Waals surface area contributed by atoms with Crippen LogP contribution in [0.15, 0.2) is 0 Å². The normalized spacial score (nSPS) is 36.3. The lowest BCUT2D eigenvalue weighted by atomic mass is 9.97. The van der Waals surface area contributed by atoms with Crippen molar-refractivity contribution < 1.29 is 10.2 Å². The minimum absolute atomic E-state index is 0.157. The Labute approximate surface area is 61.9 Å². The summed E-state index contributed by atoms with van der Waals surface area (Å²) in [6.45, 7) is 1.95. The lowest BCUT2D eigenvalue weighted by molar-refractivity contribution is 0.0298. The molecule has 1 rings (SSSR count). The van der Waals surface area contributed by atoms with Gasteiger partial charge in [0.05, 0.1) is 12.2 Å². The third kappa shape index (κ3) is 1.50. The average molecular weight is 144 g/mol. The molecule has 1 aliphatic rings. The maximum absolute atomic E-state index is 9.37. The minimum atomic E-state index is -0.280. The summed E-state index contributed by atoms with van der Waals surface area (Å²) >= 11 is 0. The summed E-state index contributed by atoms with van der Waals surface area (Å²) in [5.41, 5.74) is 0. The Hall–Kier alpha value is -0.0800. The van der Waals surface area contributed by atoms with Gasteiger partial charge in [0.1, 0.15) is 0 Å². The van der Waals surface area contributed by atoms with Crippen LogP contribution in [0.3, 0.4) is 0 Å². The molecule has 0 heterocycles. The molecule has 3 unspecified atom stereocenters. The van der Waals surface area contributed by atoms with Gasteiger partial charge in [-0.2, -0.15) is 0 Å². The molecule has 0 aromatic carbocycles. The van der Waals surface area contributed by atoms with Gasteiger partial charge in [0.2, 0.25) is 0 Å². The van der Waals surface area contributed by atoms with Crippen LogP contribution in [0.5, 0.6) is 0 Å². The lowest BCUT2D eigenvalue weighted by Crippen LogP contribution is -2.26. The third-order valence-corrected chi connectivity index (χ3v) is 2.44. The number of aliphatic hydroxyl groups excluding tert-OH is 2. The molecule has 1 fully saturated rings. The van der Waals surface area contributed by atoms with Crippen molar-refractivity contribution in [3.05, 3.63) is 0 Å². The molecule has 0 spiro atoms. The second-order valence-corrected chi connectivity index (χ2v) is 3.14. The molecule has 0 saturated heterocycles. The van der Waals surface area contributed by atoms with Gasteiger partial charge in [0.25, 0.3) is 0 Å². The molecule has 0 aromatic rings. The Morgan fingerprint density at radius 1 is 1.50 bits per heavy atom. The van der Waals surface area contributed by atoms with Crippen molar-refractivity contribution in [1.29, 1.82) is 0 Å². The average Bonchev–Trinajstić information content (AvgIpc) is 2.34. The first-order valence-electron chi connectivity index (χ1n) is 4.11. The molecule has 3 atom stereocenters. The van der Waals surface area contributed by atoms with Crippen molar-refractivity contribution >= 4 is 0 Å². The summed E-state index contributed by atoms with van der Waals surface area (Å²) in [5.74, 6) is 0.157. The number of rotatable bonds is 2. The molecular formula is C8H16O2. The zero-order valence-electron chi connectivity index (χ0n) is 6.45. The van der Waals surface area contributed by atoms with Crippen LogP contribution in [0.25, 0.3) is 0 Å². The third-order valence-electron chi connectivity index (χ3n) is 2.44. The van der Waals surface area contributed by atoms with Crippen molar-refractivity contribution in [3.63, 3.8) is 0 Å². The van der Waals surface area contributed by atoms with Crippen LogP contribution in [0.4, 0.5) is 0 Å². The molecule has 2 N–H and O–H groups in total. The Balaban J connectivity index is 2.38. The maximum Gasteiger partial charge on any atom is 0.0593 e. The fourth-order valence-corrected chi connectivity index (χ4v) is 1.72. The van der Waals surface area contributed by atoms with Gasteiger partial charge in [-0.05, 0) is 19.3 Å². The van der Waals surface area contributed by atoms with E-state index in [0.29, 0.717) is 0 Å². The van der Waals surface area contributed by atoms with Crippen LogP contribution >= 0.6 is 0 Å². The predicted octanol–water partition coefficient (Wildman–Crippen LogP) is 0.918. The molecule has 1 saturated carbocycles. The van der Waals surface area contributed by atoms with E-state index in [0.717, 1.165) is 25.7 Å². The van der Waals surface area contributed by atoms with E-state index >= 15 is 0 Å². The van der Waals surface area contributed by atoms with E-state index < -0.39 is 0 Å². The molecule has 0 aromatic heterocycles. The Morgan fingerprint density at radius 3 is 2.60 bits per heavy atom. The summed E-state index contributed by atoms with van der Waals surface area (Å²) in [5, 5.41) is 18.7. The molecule has 60 valence electrons. The van der Waals surface area contributed by atoms with E-state index in [-0.39, 0.29) is 18.1 Å². The van der Waals surface area contributed by atoms with Crippen molar-refractivity contribution in [2.24, 2.45) is 5.92 Å². The monoisotopic (exact) mass is 144 g/mol. The molecule has 10 heavy (non-hydrogen) atoms. The summed E-state index contributed by atoms with van der Waals surface area (Å²) in [6.07, 6.45) is 3.19. The molecule has 0 radical (unpaired) electrons. The first-order chi connectivity index (χ1) is 4.75. The number of hydrogen-bond acceptors (Lipinski definition) is 2. The Kier molecular flexibility index (Phi) is 2.69. The standard InChI is InChI=1S/C8H16O2/c1-2-7(9)6-4-3-5-8(6)10/h6-10H,2-5H2,1H3. The van der Waals surface area contributed by atoms with Crippen molar-refractivity contribution in [3.8, 4) is 0 Å². The maximum atomic E-state index is 9.37. The highest BCUT2D eigenvalue weighted by molar-refractivity contribution is 4.81. The summed E-state index contributed by atoms with van der Waals surface area (Å²) < 4.78 is 0. The van der Waals surface area contributed by atoms with Crippen LogP contribution in [0.1, 0.15) is 32.6 Å². The summed E-state index contributed by atoms with van der Waals surface area (Å²) in [4.78, 5) is 0. The van der Waals surface area contributed by atoms with Gasteiger partial charge in [0, 0.05) is 5.92 Å². The lowest BCUT2D eigenvalue weighted by Gasteiger charge is -2.19. The van der Waals surface area contributed by atoms with Crippen LogP contribution < -0.4 is 0 Å². The molecule has 0 aliphatic heterocycles. The fraction of sp³-hybridized carbons (Fsp3) is 1.00. The number of aliphatic hydroxyl groups is 2. The van der Waals surface area contributed by atoms with E-state index in [9.17, 15) is 10.2 Å². The van der Waals surface area contributed by atoms with Gasteiger partial charge in [-0.15, -0.1) is 0 Å². The minimum Gasteiger partial charge on any atom is -0.393 e. The zero-order valence-corrected chi connectivity index (χ0v) is 6.45. The van der Waals surface area contributed by atoms with Gasteiger partial charge in [-0.1, -0.05) is 13.3 Å². The van der Waals surface area contributed by atoms with Crippen molar-refractivity contribution in [2.75, 3.05) is 0 Å². The highest BCUT2D eigenvalue weighted by Crippen LogP contribution is 2.29. The molecule has 1 aliphatic carbocycles. The predicted molar refractivity (Wildman–Crippen MR) is 39.6 cm³/mol. The van der Waals surface area contributed by atoms with E-state index in [2.05, 4.69) is 0 Å². The van der Waals surface area contributed by atoms with Gasteiger partial charge >= 0.3 is 0 Å². The highest BCUT2D eigenvalue weighted by atomic mass is 16.3. The second-order valence-electron chi connectivity index (χ2n) is 3.14. The molecule has 2 nitrogen and oxygen atoms in total. The number of hydrogen-bond donors (Lipinski definition) is 2. The van der Waals surface area contributed by atoms with Crippen LogP contribution in [-0.2, 0) is 0 Å². The van der Waals surface area contributed by atoms with Gasteiger partial charge < -0.3 is 10.2 Å². The van der Waals surface area contributed by atoms with Gasteiger partial charge in [-0.3, -0.25) is 0 Å². The van der Waals surface area contributed by atoms with Crippen molar-refractivity contribution in [1.82, 2.24) is 0 Å². The summed E-state index contributed by atoms with van der Waals surface area (Å²) in [6, 6.07) is 0. The van der Waals surface area contributed by atoms with E-state index in [1.165, 1.54) is 0 Å². The van der Waals surface area contributed by atoms with E-state index in [1.807, 2.05) is 6.92 Å². The molecule has 0 bridgehead atoms. The first-order valence-corrected chi connectivity index (χ1v) is 4.11. The molecule has 0 amide bonds.